The Labute approximate surface area is 199 Å². The number of hydrogen-bond donors (Lipinski definition) is 1. The second-order valence-corrected chi connectivity index (χ2v) is 10.1. The number of anilines is 1. The molecule has 2 aromatic carbocycles. The molecule has 2 aliphatic heterocycles. The van der Waals surface area contributed by atoms with E-state index in [9.17, 15) is 9.18 Å². The van der Waals surface area contributed by atoms with Gasteiger partial charge in [-0.2, -0.15) is 0 Å². The highest BCUT2D eigenvalue weighted by Gasteiger charge is 2.45. The van der Waals surface area contributed by atoms with Gasteiger partial charge in [0, 0.05) is 16.9 Å². The van der Waals surface area contributed by atoms with Crippen molar-refractivity contribution in [2.75, 3.05) is 31.5 Å². The van der Waals surface area contributed by atoms with Crippen LogP contribution in [0.3, 0.4) is 0 Å². The summed E-state index contributed by atoms with van der Waals surface area (Å²) in [7, 11) is 1.39. The highest BCUT2D eigenvalue weighted by molar-refractivity contribution is 8.00. The molecule has 2 fully saturated rings. The lowest BCUT2D eigenvalue weighted by atomic mass is 10.0. The van der Waals surface area contributed by atoms with E-state index >= 15 is 0 Å². The SMILES string of the molecule is CCN1CCC[C@H]1CCc1cc(F)ccc1SNc1ccc2c(c1C(=O)OC)OCC1CC21. The number of carbonyl (C=O) groups is 1. The summed E-state index contributed by atoms with van der Waals surface area (Å²) in [5.74, 6) is 1.08. The average molecular weight is 471 g/mol. The summed E-state index contributed by atoms with van der Waals surface area (Å²) < 4.78 is 28.5. The van der Waals surface area contributed by atoms with Crippen LogP contribution >= 0.6 is 11.9 Å². The minimum absolute atomic E-state index is 0.218. The van der Waals surface area contributed by atoms with E-state index in [4.69, 9.17) is 9.47 Å². The highest BCUT2D eigenvalue weighted by Crippen LogP contribution is 2.55. The number of hydrogen-bond acceptors (Lipinski definition) is 6. The molecule has 1 N–H and O–H groups in total. The lowest BCUT2D eigenvalue weighted by molar-refractivity contribution is 0.0596. The molecule has 5 rings (SSSR count). The van der Waals surface area contributed by atoms with Crippen LogP contribution in [0.4, 0.5) is 10.1 Å². The first-order valence-corrected chi connectivity index (χ1v) is 12.7. The summed E-state index contributed by atoms with van der Waals surface area (Å²) in [4.78, 5) is 16.1. The van der Waals surface area contributed by atoms with E-state index in [0.29, 0.717) is 41.5 Å². The number of nitrogens with one attached hydrogen (secondary N) is 1. The van der Waals surface area contributed by atoms with Gasteiger partial charge in [-0.1, -0.05) is 13.0 Å². The van der Waals surface area contributed by atoms with E-state index in [1.807, 2.05) is 12.1 Å². The van der Waals surface area contributed by atoms with Gasteiger partial charge in [0.05, 0.1) is 19.4 Å². The monoisotopic (exact) mass is 470 g/mol. The number of esters is 1. The van der Waals surface area contributed by atoms with Gasteiger partial charge in [-0.25, -0.2) is 9.18 Å². The van der Waals surface area contributed by atoms with Crippen molar-refractivity contribution in [3.05, 3.63) is 52.8 Å². The number of benzene rings is 2. The molecular formula is C26H31FN2O3S. The van der Waals surface area contributed by atoms with E-state index in [1.54, 1.807) is 6.07 Å². The molecule has 0 spiro atoms. The molecule has 2 unspecified atom stereocenters. The number of likely N-dealkylation sites (tertiary alicyclic amines) is 1. The molecule has 2 aromatic rings. The van der Waals surface area contributed by atoms with Gasteiger partial charge < -0.3 is 19.1 Å². The van der Waals surface area contributed by atoms with Crippen LogP contribution in [-0.4, -0.2) is 43.7 Å². The standard InChI is InChI=1S/C26H31FN2O3S/c1-3-29-12-4-5-19(29)8-6-16-13-18(27)7-11-23(16)33-28-22-10-9-20-21-14-17(21)15-32-25(20)24(22)26(30)31-2/h7,9-11,13,17,19,21,28H,3-6,8,12,14-15H2,1-2H3/t17?,19-,21?/m0/s1. The van der Waals surface area contributed by atoms with Crippen LogP contribution < -0.4 is 9.46 Å². The van der Waals surface area contributed by atoms with E-state index in [2.05, 4.69) is 22.6 Å². The van der Waals surface area contributed by atoms with Crippen molar-refractivity contribution >= 4 is 23.6 Å². The molecule has 0 bridgehead atoms. The number of nitrogens with zero attached hydrogens (tertiary/aromatic N) is 1. The Balaban J connectivity index is 1.35. The maximum Gasteiger partial charge on any atom is 0.343 e. The zero-order valence-electron chi connectivity index (χ0n) is 19.2. The molecule has 0 radical (unpaired) electrons. The van der Waals surface area contributed by atoms with E-state index < -0.39 is 5.97 Å². The molecule has 3 atom stereocenters. The molecule has 176 valence electrons. The molecule has 33 heavy (non-hydrogen) atoms. The van der Waals surface area contributed by atoms with Crippen molar-refractivity contribution in [1.82, 2.24) is 4.90 Å². The number of halogens is 1. The van der Waals surface area contributed by atoms with Crippen molar-refractivity contribution < 1.29 is 18.7 Å². The minimum atomic E-state index is -0.408. The van der Waals surface area contributed by atoms with Crippen LogP contribution in [0.15, 0.2) is 35.2 Å². The van der Waals surface area contributed by atoms with Crippen molar-refractivity contribution in [3.63, 3.8) is 0 Å². The van der Waals surface area contributed by atoms with E-state index in [1.165, 1.54) is 38.0 Å². The van der Waals surface area contributed by atoms with Crippen LogP contribution in [0.25, 0.3) is 0 Å². The van der Waals surface area contributed by atoms with Crippen LogP contribution in [0.1, 0.15) is 60.0 Å². The number of fused-ring (bicyclic) bond motifs is 3. The molecule has 3 aliphatic rings. The number of aryl methyl sites for hydroxylation is 1. The van der Waals surface area contributed by atoms with Gasteiger partial charge in [0.2, 0.25) is 0 Å². The zero-order valence-corrected chi connectivity index (χ0v) is 20.1. The van der Waals surface area contributed by atoms with Gasteiger partial charge in [0.15, 0.2) is 0 Å². The first-order valence-electron chi connectivity index (χ1n) is 11.9. The number of carbonyl (C=O) groups excluding carboxylic acids is 1. The summed E-state index contributed by atoms with van der Waals surface area (Å²) in [5, 5.41) is 0. The Morgan fingerprint density at radius 1 is 1.33 bits per heavy atom. The second-order valence-electron chi connectivity index (χ2n) is 9.23. The summed E-state index contributed by atoms with van der Waals surface area (Å²) in [5.41, 5.74) is 3.20. The maximum absolute atomic E-state index is 14.1. The lowest BCUT2D eigenvalue weighted by Crippen LogP contribution is -2.29. The van der Waals surface area contributed by atoms with Gasteiger partial charge in [-0.15, -0.1) is 0 Å². The van der Waals surface area contributed by atoms with Gasteiger partial charge in [0.25, 0.3) is 0 Å². The Hall–Kier alpha value is -2.25. The first-order chi connectivity index (χ1) is 16.1. The predicted molar refractivity (Wildman–Crippen MR) is 129 cm³/mol. The minimum Gasteiger partial charge on any atom is -0.492 e. The number of rotatable bonds is 8. The molecule has 2 heterocycles. The summed E-state index contributed by atoms with van der Waals surface area (Å²) in [6, 6.07) is 9.50. The fourth-order valence-corrected chi connectivity index (χ4v) is 6.17. The Morgan fingerprint density at radius 3 is 3.03 bits per heavy atom. The van der Waals surface area contributed by atoms with Crippen molar-refractivity contribution in [2.45, 2.75) is 55.9 Å². The van der Waals surface area contributed by atoms with Crippen molar-refractivity contribution in [2.24, 2.45) is 5.92 Å². The Bertz CT molecular complexity index is 1050. The Morgan fingerprint density at radius 2 is 2.21 bits per heavy atom. The van der Waals surface area contributed by atoms with Gasteiger partial charge in [-0.05, 0) is 98.5 Å². The molecule has 1 saturated carbocycles. The average Bonchev–Trinajstić information content (AvgIpc) is 3.50. The second kappa shape index (κ2) is 9.55. The third-order valence-corrected chi connectivity index (χ3v) is 8.23. The molecule has 0 amide bonds. The lowest BCUT2D eigenvalue weighted by Gasteiger charge is -2.23. The van der Waals surface area contributed by atoms with Gasteiger partial charge in [0.1, 0.15) is 17.1 Å². The largest absolute Gasteiger partial charge is 0.492 e. The normalized spacial score (nSPS) is 23.4. The molecule has 1 aliphatic carbocycles. The summed E-state index contributed by atoms with van der Waals surface area (Å²) in [6.07, 6.45) is 5.41. The molecule has 5 nitrogen and oxygen atoms in total. The van der Waals surface area contributed by atoms with Crippen molar-refractivity contribution in [3.8, 4) is 5.75 Å². The smallest absolute Gasteiger partial charge is 0.343 e. The van der Waals surface area contributed by atoms with Gasteiger partial charge in [-0.3, -0.25) is 0 Å². The zero-order chi connectivity index (χ0) is 22.9. The fraction of sp³-hybridized carbons (Fsp3) is 0.500. The predicted octanol–water partition coefficient (Wildman–Crippen LogP) is 5.64. The molecule has 7 heteroatoms. The number of ether oxygens (including phenoxy) is 2. The van der Waals surface area contributed by atoms with Crippen LogP contribution in [0.5, 0.6) is 5.75 Å². The van der Waals surface area contributed by atoms with Crippen LogP contribution in [0.2, 0.25) is 0 Å². The number of methoxy groups -OCH3 is 1. The highest BCUT2D eigenvalue weighted by atomic mass is 32.2. The van der Waals surface area contributed by atoms with Crippen molar-refractivity contribution in [1.29, 1.82) is 0 Å². The quantitative estimate of drug-likeness (QED) is 0.398. The fourth-order valence-electron chi connectivity index (χ4n) is 5.35. The van der Waals surface area contributed by atoms with E-state index in [-0.39, 0.29) is 5.82 Å². The maximum atomic E-state index is 14.1. The third-order valence-electron chi connectivity index (χ3n) is 7.29. The van der Waals surface area contributed by atoms with Crippen LogP contribution in [0, 0.1) is 11.7 Å². The van der Waals surface area contributed by atoms with E-state index in [0.717, 1.165) is 48.4 Å². The molecular weight excluding hydrogens is 439 g/mol. The molecule has 1 saturated heterocycles. The molecule has 0 aromatic heterocycles. The topological polar surface area (TPSA) is 50.8 Å². The third kappa shape index (κ3) is 4.58. The summed E-state index contributed by atoms with van der Waals surface area (Å²) in [6.45, 7) is 5.08. The van der Waals surface area contributed by atoms with Gasteiger partial charge >= 0.3 is 5.97 Å². The first kappa shape index (κ1) is 22.5. The Kier molecular flexibility index (Phi) is 6.52. The van der Waals surface area contributed by atoms with Crippen LogP contribution in [-0.2, 0) is 11.2 Å². The summed E-state index contributed by atoms with van der Waals surface area (Å²) >= 11 is 1.41.